The lowest BCUT2D eigenvalue weighted by molar-refractivity contribution is 0.762. The Bertz CT molecular complexity index is 109. The summed E-state index contributed by atoms with van der Waals surface area (Å²) in [6.07, 6.45) is 11.3. The van der Waals surface area contributed by atoms with Gasteiger partial charge in [-0.2, -0.15) is 0 Å². The number of unbranched alkanes of at least 4 members (excludes halogenated alkanes) is 3. The van der Waals surface area contributed by atoms with Gasteiger partial charge >= 0.3 is 0 Å². The highest BCUT2D eigenvalue weighted by atomic mass is 13.9. The highest BCUT2D eigenvalue weighted by molar-refractivity contribution is 5.02. The van der Waals surface area contributed by atoms with Gasteiger partial charge in [-0.3, -0.25) is 0 Å². The largest absolute Gasteiger partial charge is 0.103 e. The van der Waals surface area contributed by atoms with E-state index in [4.69, 9.17) is 0 Å². The summed E-state index contributed by atoms with van der Waals surface area (Å²) in [6.45, 7) is 7.94. The van der Waals surface area contributed by atoms with Crippen LogP contribution in [0.25, 0.3) is 0 Å². The fourth-order valence-corrected chi connectivity index (χ4v) is 0.870. The van der Waals surface area contributed by atoms with Gasteiger partial charge in [0.2, 0.25) is 0 Å². The highest BCUT2D eigenvalue weighted by Gasteiger charge is 1.85. The van der Waals surface area contributed by atoms with Crippen LogP contribution in [0.4, 0.5) is 0 Å². The molecule has 0 spiro atoms. The Labute approximate surface area is 71.0 Å². The van der Waals surface area contributed by atoms with Crippen molar-refractivity contribution in [3.63, 3.8) is 0 Å². The van der Waals surface area contributed by atoms with Crippen molar-refractivity contribution in [2.75, 3.05) is 0 Å². The second-order valence-corrected chi connectivity index (χ2v) is 3.05. The van der Waals surface area contributed by atoms with Crippen molar-refractivity contribution < 1.29 is 0 Å². The van der Waals surface area contributed by atoms with Crippen LogP contribution in [0.3, 0.4) is 0 Å². The van der Waals surface area contributed by atoms with Crippen LogP contribution in [0.5, 0.6) is 0 Å². The molecular weight excluding hydrogens is 132 g/mol. The van der Waals surface area contributed by atoms with E-state index in [0.717, 1.165) is 6.42 Å². The van der Waals surface area contributed by atoms with Crippen molar-refractivity contribution in [1.29, 1.82) is 0 Å². The quantitative estimate of drug-likeness (QED) is 0.399. The van der Waals surface area contributed by atoms with Crippen LogP contribution >= 0.6 is 0 Å². The monoisotopic (exact) mass is 151 g/mol. The Morgan fingerprint density at radius 2 is 1.82 bits per heavy atom. The summed E-state index contributed by atoms with van der Waals surface area (Å²) < 4.78 is 0. The van der Waals surface area contributed by atoms with Gasteiger partial charge in [0, 0.05) is 0 Å². The normalized spacial score (nSPS) is 11.2. The molecule has 63 valence electrons. The van der Waals surface area contributed by atoms with Gasteiger partial charge in [-0.25, -0.2) is 0 Å². The van der Waals surface area contributed by atoms with Crippen molar-refractivity contribution in [2.24, 2.45) is 0 Å². The summed E-state index contributed by atoms with van der Waals surface area (Å²) in [7, 11) is 0. The molecule has 0 aromatic carbocycles. The highest BCUT2D eigenvalue weighted by Crippen LogP contribution is 2.03. The maximum absolute atomic E-state index is 3.68. The van der Waals surface area contributed by atoms with Crippen LogP contribution in [-0.2, 0) is 0 Å². The lowest BCUT2D eigenvalue weighted by Gasteiger charge is -1.94. The Morgan fingerprint density at radius 1 is 1.18 bits per heavy atom. The van der Waals surface area contributed by atoms with Crippen molar-refractivity contribution in [3.05, 3.63) is 30.7 Å². The van der Waals surface area contributed by atoms with Gasteiger partial charge in [0.05, 0.1) is 0 Å². The van der Waals surface area contributed by atoms with Crippen LogP contribution in [0, 0.1) is 5.92 Å². The van der Waals surface area contributed by atoms with Crippen molar-refractivity contribution in [3.8, 4) is 0 Å². The smallest absolute Gasteiger partial charge is 0.00892 e. The van der Waals surface area contributed by atoms with E-state index in [-0.39, 0.29) is 0 Å². The second-order valence-electron chi connectivity index (χ2n) is 3.05. The molecule has 0 fully saturated rings. The third kappa shape index (κ3) is 9.48. The summed E-state index contributed by atoms with van der Waals surface area (Å²) in [5, 5.41) is 0. The standard InChI is InChI=1S/C11H19/c1-4-5-6-7-8-9-10-11(2)3/h4,9-10H,1,5-8H2,2-3H3. The van der Waals surface area contributed by atoms with Gasteiger partial charge < -0.3 is 0 Å². The lowest BCUT2D eigenvalue weighted by atomic mass is 10.1. The molecule has 0 saturated carbocycles. The van der Waals surface area contributed by atoms with Gasteiger partial charge in [-0.15, -0.1) is 6.58 Å². The maximum atomic E-state index is 3.68. The van der Waals surface area contributed by atoms with Gasteiger partial charge in [0.1, 0.15) is 0 Å². The lowest BCUT2D eigenvalue weighted by Crippen LogP contribution is -1.75. The zero-order valence-electron chi connectivity index (χ0n) is 7.77. The molecule has 0 heterocycles. The average molecular weight is 151 g/mol. The first-order valence-corrected chi connectivity index (χ1v) is 4.35. The number of allylic oxidation sites excluding steroid dienone is 3. The number of hydrogen-bond acceptors (Lipinski definition) is 0. The molecule has 11 heavy (non-hydrogen) atoms. The topological polar surface area (TPSA) is 0 Å². The molecule has 0 aliphatic carbocycles. The molecule has 0 heteroatoms. The summed E-state index contributed by atoms with van der Waals surface area (Å²) in [5.74, 6) is 1.38. The molecule has 0 aliphatic rings. The molecule has 0 aromatic heterocycles. The van der Waals surface area contributed by atoms with E-state index in [9.17, 15) is 0 Å². The summed E-state index contributed by atoms with van der Waals surface area (Å²) >= 11 is 0. The van der Waals surface area contributed by atoms with Gasteiger partial charge in [-0.1, -0.05) is 32.1 Å². The maximum Gasteiger partial charge on any atom is -0.00892 e. The molecule has 0 aliphatic heterocycles. The Hall–Kier alpha value is -0.520. The minimum absolute atomic E-state index is 1.16. The van der Waals surface area contributed by atoms with E-state index in [1.54, 1.807) is 0 Å². The van der Waals surface area contributed by atoms with Gasteiger partial charge in [0.25, 0.3) is 0 Å². The van der Waals surface area contributed by atoms with E-state index in [0.29, 0.717) is 0 Å². The molecule has 0 atom stereocenters. The van der Waals surface area contributed by atoms with Crippen LogP contribution in [0.15, 0.2) is 24.8 Å². The first-order chi connectivity index (χ1) is 5.27. The minimum atomic E-state index is 1.16. The fraction of sp³-hybridized carbons (Fsp3) is 0.545. The summed E-state index contributed by atoms with van der Waals surface area (Å²) in [4.78, 5) is 0. The molecule has 1 radical (unpaired) electrons. The van der Waals surface area contributed by atoms with E-state index in [1.165, 1.54) is 25.2 Å². The van der Waals surface area contributed by atoms with E-state index >= 15 is 0 Å². The number of hydrogen-bond donors (Lipinski definition) is 0. The third-order valence-electron chi connectivity index (χ3n) is 1.48. The van der Waals surface area contributed by atoms with Crippen LogP contribution in [0.2, 0.25) is 0 Å². The SMILES string of the molecule is C=CCCCCC=C[C](C)C. The van der Waals surface area contributed by atoms with Gasteiger partial charge in [-0.05, 0) is 31.6 Å². The molecule has 0 saturated heterocycles. The molecule has 0 aromatic rings. The number of rotatable bonds is 6. The molecule has 0 rings (SSSR count). The Morgan fingerprint density at radius 3 is 2.36 bits per heavy atom. The predicted molar refractivity (Wildman–Crippen MR) is 52.4 cm³/mol. The van der Waals surface area contributed by atoms with E-state index < -0.39 is 0 Å². The van der Waals surface area contributed by atoms with E-state index in [1.807, 2.05) is 6.08 Å². The van der Waals surface area contributed by atoms with Crippen molar-refractivity contribution >= 4 is 0 Å². The first kappa shape index (κ1) is 10.5. The predicted octanol–water partition coefficient (Wildman–Crippen LogP) is 3.90. The van der Waals surface area contributed by atoms with Crippen LogP contribution < -0.4 is 0 Å². The zero-order valence-corrected chi connectivity index (χ0v) is 7.77. The molecular formula is C11H19. The van der Waals surface area contributed by atoms with Crippen LogP contribution in [0.1, 0.15) is 39.5 Å². The molecule has 0 N–H and O–H groups in total. The van der Waals surface area contributed by atoms with E-state index in [2.05, 4.69) is 32.6 Å². The Kier molecular flexibility index (Phi) is 7.23. The minimum Gasteiger partial charge on any atom is -0.103 e. The third-order valence-corrected chi connectivity index (χ3v) is 1.48. The van der Waals surface area contributed by atoms with Crippen molar-refractivity contribution in [1.82, 2.24) is 0 Å². The molecule has 0 amide bonds. The van der Waals surface area contributed by atoms with Crippen LogP contribution in [-0.4, -0.2) is 0 Å². The average Bonchev–Trinajstić information content (AvgIpc) is 1.96. The summed E-state index contributed by atoms with van der Waals surface area (Å²) in [5.41, 5.74) is 0. The molecule has 0 nitrogen and oxygen atoms in total. The second kappa shape index (κ2) is 7.59. The first-order valence-electron chi connectivity index (χ1n) is 4.35. The molecule has 0 unspecified atom stereocenters. The fourth-order valence-electron chi connectivity index (χ4n) is 0.870. The molecule has 0 bridgehead atoms. The van der Waals surface area contributed by atoms with Gasteiger partial charge in [0.15, 0.2) is 0 Å². The van der Waals surface area contributed by atoms with Crippen molar-refractivity contribution in [2.45, 2.75) is 39.5 Å². The summed E-state index contributed by atoms with van der Waals surface area (Å²) in [6, 6.07) is 0. The zero-order chi connectivity index (χ0) is 8.53. The Balaban J connectivity index is 3.07.